The van der Waals surface area contributed by atoms with Crippen LogP contribution in [0.2, 0.25) is 0 Å². The summed E-state index contributed by atoms with van der Waals surface area (Å²) in [6.45, 7) is 7.08. The van der Waals surface area contributed by atoms with Gasteiger partial charge in [0, 0.05) is 31.7 Å². The number of ether oxygens (including phenoxy) is 1. The van der Waals surface area contributed by atoms with Crippen LogP contribution >= 0.6 is 0 Å². The van der Waals surface area contributed by atoms with Crippen molar-refractivity contribution in [1.82, 2.24) is 9.80 Å². The summed E-state index contributed by atoms with van der Waals surface area (Å²) >= 11 is 0. The van der Waals surface area contributed by atoms with E-state index in [9.17, 15) is 9.59 Å². The Balaban J connectivity index is 1.56. The molecule has 0 bridgehead atoms. The summed E-state index contributed by atoms with van der Waals surface area (Å²) in [5.41, 5.74) is 2.77. The number of carbonyl (C=O) groups excluding carboxylic acids is 2. The second kappa shape index (κ2) is 9.40. The van der Waals surface area contributed by atoms with Crippen molar-refractivity contribution in [2.45, 2.75) is 26.7 Å². The molecule has 1 heterocycles. The minimum absolute atomic E-state index is 0.0458. The molecule has 0 spiro atoms. The highest BCUT2D eigenvalue weighted by molar-refractivity contribution is 5.94. The number of nitrogens with zero attached hydrogens (tertiary/aromatic N) is 2. The van der Waals surface area contributed by atoms with E-state index in [0.29, 0.717) is 44.8 Å². The Morgan fingerprint density at radius 1 is 0.964 bits per heavy atom. The molecular weight excluding hydrogens is 352 g/mol. The second-order valence-electron chi connectivity index (χ2n) is 7.15. The lowest BCUT2D eigenvalue weighted by Gasteiger charge is -2.22. The van der Waals surface area contributed by atoms with Crippen LogP contribution < -0.4 is 4.74 Å². The molecule has 0 N–H and O–H groups in total. The topological polar surface area (TPSA) is 49.9 Å². The molecule has 0 radical (unpaired) electrons. The van der Waals surface area contributed by atoms with Gasteiger partial charge in [0.05, 0.1) is 13.0 Å². The highest BCUT2D eigenvalue weighted by Crippen LogP contribution is 2.15. The molecule has 5 heteroatoms. The van der Waals surface area contributed by atoms with Gasteiger partial charge in [0.25, 0.3) is 5.91 Å². The maximum atomic E-state index is 12.8. The third-order valence-electron chi connectivity index (χ3n) is 4.99. The molecule has 28 heavy (non-hydrogen) atoms. The van der Waals surface area contributed by atoms with Crippen molar-refractivity contribution in [3.63, 3.8) is 0 Å². The normalized spacial score (nSPS) is 14.5. The molecule has 1 aliphatic rings. The van der Waals surface area contributed by atoms with E-state index >= 15 is 0 Å². The molecule has 1 saturated heterocycles. The molecule has 1 fully saturated rings. The van der Waals surface area contributed by atoms with Crippen molar-refractivity contribution < 1.29 is 14.3 Å². The van der Waals surface area contributed by atoms with Gasteiger partial charge in [0.15, 0.2) is 0 Å². The van der Waals surface area contributed by atoms with Crippen LogP contribution in [0.4, 0.5) is 0 Å². The fourth-order valence-electron chi connectivity index (χ4n) is 3.49. The van der Waals surface area contributed by atoms with E-state index in [2.05, 4.69) is 0 Å². The average Bonchev–Trinajstić information content (AvgIpc) is 2.95. The van der Waals surface area contributed by atoms with Gasteiger partial charge in [-0.1, -0.05) is 29.8 Å². The van der Waals surface area contributed by atoms with Gasteiger partial charge >= 0.3 is 0 Å². The lowest BCUT2D eigenvalue weighted by molar-refractivity contribution is -0.130. The number of amides is 2. The first kappa shape index (κ1) is 19.9. The number of benzene rings is 2. The summed E-state index contributed by atoms with van der Waals surface area (Å²) in [4.78, 5) is 29.2. The number of hydrogen-bond donors (Lipinski definition) is 0. The zero-order chi connectivity index (χ0) is 19.9. The minimum Gasteiger partial charge on any atom is -0.494 e. The number of aryl methyl sites for hydroxylation is 1. The summed E-state index contributed by atoms with van der Waals surface area (Å²) in [5.74, 6) is 0.970. The molecule has 0 atom stereocenters. The predicted octanol–water partition coefficient (Wildman–Crippen LogP) is 3.31. The van der Waals surface area contributed by atoms with Gasteiger partial charge in [-0.2, -0.15) is 0 Å². The maximum absolute atomic E-state index is 12.8. The van der Waals surface area contributed by atoms with E-state index in [1.54, 1.807) is 0 Å². The highest BCUT2D eigenvalue weighted by atomic mass is 16.5. The fraction of sp³-hybridized carbons (Fsp3) is 0.391. The van der Waals surface area contributed by atoms with E-state index in [1.807, 2.05) is 72.2 Å². The largest absolute Gasteiger partial charge is 0.494 e. The second-order valence-corrected chi connectivity index (χ2v) is 7.15. The molecule has 0 aromatic heterocycles. The van der Waals surface area contributed by atoms with Crippen LogP contribution in [0.3, 0.4) is 0 Å². The van der Waals surface area contributed by atoms with Crippen LogP contribution in [0.1, 0.15) is 34.8 Å². The van der Waals surface area contributed by atoms with Crippen molar-refractivity contribution in [3.05, 3.63) is 65.2 Å². The Hall–Kier alpha value is -2.82. The molecule has 148 valence electrons. The van der Waals surface area contributed by atoms with Gasteiger partial charge in [-0.3, -0.25) is 9.59 Å². The van der Waals surface area contributed by atoms with Crippen LogP contribution in [0.5, 0.6) is 5.75 Å². The third-order valence-corrected chi connectivity index (χ3v) is 4.99. The van der Waals surface area contributed by atoms with Crippen LogP contribution in [0.25, 0.3) is 0 Å². The Kier molecular flexibility index (Phi) is 6.69. The molecule has 2 aromatic carbocycles. The van der Waals surface area contributed by atoms with E-state index in [4.69, 9.17) is 4.74 Å². The SMILES string of the molecule is CCOc1ccc(CC(=O)N2CCCN(C(=O)c3cccc(C)c3)CC2)cc1. The van der Waals surface area contributed by atoms with Crippen LogP contribution in [0.15, 0.2) is 48.5 Å². The van der Waals surface area contributed by atoms with Crippen molar-refractivity contribution >= 4 is 11.8 Å². The molecule has 2 aromatic rings. The number of rotatable bonds is 5. The molecule has 1 aliphatic heterocycles. The Labute approximate surface area is 166 Å². The van der Waals surface area contributed by atoms with Gasteiger partial charge in [-0.25, -0.2) is 0 Å². The van der Waals surface area contributed by atoms with E-state index in [-0.39, 0.29) is 11.8 Å². The van der Waals surface area contributed by atoms with Gasteiger partial charge in [0.1, 0.15) is 5.75 Å². The molecule has 5 nitrogen and oxygen atoms in total. The van der Waals surface area contributed by atoms with Crippen LogP contribution in [-0.2, 0) is 11.2 Å². The quantitative estimate of drug-likeness (QED) is 0.800. The maximum Gasteiger partial charge on any atom is 0.253 e. The summed E-state index contributed by atoms with van der Waals surface area (Å²) in [6, 6.07) is 15.3. The van der Waals surface area contributed by atoms with E-state index < -0.39 is 0 Å². The lowest BCUT2D eigenvalue weighted by Crippen LogP contribution is -2.38. The summed E-state index contributed by atoms with van der Waals surface area (Å²) < 4.78 is 5.44. The Morgan fingerprint density at radius 3 is 2.39 bits per heavy atom. The van der Waals surface area contributed by atoms with Crippen molar-refractivity contribution in [2.24, 2.45) is 0 Å². The van der Waals surface area contributed by atoms with Crippen molar-refractivity contribution in [1.29, 1.82) is 0 Å². The van der Waals surface area contributed by atoms with Crippen molar-refractivity contribution in [3.8, 4) is 5.75 Å². The van der Waals surface area contributed by atoms with Gasteiger partial charge in [-0.15, -0.1) is 0 Å². The molecule has 0 saturated carbocycles. The average molecular weight is 380 g/mol. The Bertz CT molecular complexity index is 817. The first-order valence-corrected chi connectivity index (χ1v) is 9.92. The smallest absolute Gasteiger partial charge is 0.253 e. The zero-order valence-electron chi connectivity index (χ0n) is 16.7. The zero-order valence-corrected chi connectivity index (χ0v) is 16.7. The molecular formula is C23H28N2O3. The summed E-state index contributed by atoms with van der Waals surface area (Å²) in [6.07, 6.45) is 1.17. The summed E-state index contributed by atoms with van der Waals surface area (Å²) in [5, 5.41) is 0. The fourth-order valence-corrected chi connectivity index (χ4v) is 3.49. The van der Waals surface area contributed by atoms with Crippen LogP contribution in [0, 0.1) is 6.92 Å². The van der Waals surface area contributed by atoms with E-state index in [0.717, 1.165) is 23.3 Å². The monoisotopic (exact) mass is 380 g/mol. The lowest BCUT2D eigenvalue weighted by atomic mass is 10.1. The highest BCUT2D eigenvalue weighted by Gasteiger charge is 2.23. The molecule has 0 unspecified atom stereocenters. The van der Waals surface area contributed by atoms with Gasteiger partial charge in [-0.05, 0) is 50.1 Å². The van der Waals surface area contributed by atoms with Crippen molar-refractivity contribution in [2.75, 3.05) is 32.8 Å². The van der Waals surface area contributed by atoms with Gasteiger partial charge in [0.2, 0.25) is 5.91 Å². The first-order valence-electron chi connectivity index (χ1n) is 9.92. The first-order chi connectivity index (χ1) is 13.6. The third kappa shape index (κ3) is 5.12. The molecule has 0 aliphatic carbocycles. The number of hydrogen-bond acceptors (Lipinski definition) is 3. The minimum atomic E-state index is 0.0458. The Morgan fingerprint density at radius 2 is 1.68 bits per heavy atom. The molecule has 2 amide bonds. The van der Waals surface area contributed by atoms with Crippen LogP contribution in [-0.4, -0.2) is 54.4 Å². The van der Waals surface area contributed by atoms with E-state index in [1.165, 1.54) is 0 Å². The standard InChI is InChI=1S/C23H28N2O3/c1-3-28-21-10-8-19(9-11-21)17-22(26)24-12-5-13-25(15-14-24)23(27)20-7-4-6-18(2)16-20/h4,6-11,16H,3,5,12-15,17H2,1-2H3. The summed E-state index contributed by atoms with van der Waals surface area (Å²) in [7, 11) is 0. The molecule has 3 rings (SSSR count). The van der Waals surface area contributed by atoms with Gasteiger partial charge < -0.3 is 14.5 Å². The number of carbonyl (C=O) groups is 2. The predicted molar refractivity (Wildman–Crippen MR) is 110 cm³/mol.